The van der Waals surface area contributed by atoms with Crippen LogP contribution in [0.15, 0.2) is 35.4 Å². The summed E-state index contributed by atoms with van der Waals surface area (Å²) in [7, 11) is 0. The van der Waals surface area contributed by atoms with Crippen LogP contribution in [0, 0.1) is 5.92 Å². The monoisotopic (exact) mass is 337 g/mol. The van der Waals surface area contributed by atoms with Gasteiger partial charge in [-0.1, -0.05) is 18.2 Å². The molecule has 5 rings (SSSR count). The van der Waals surface area contributed by atoms with E-state index in [4.69, 9.17) is 4.74 Å². The quantitative estimate of drug-likeness (QED) is 0.853. The second-order valence-electron chi connectivity index (χ2n) is 7.17. The third-order valence-corrected chi connectivity index (χ3v) is 5.92. The second kappa shape index (κ2) is 5.18. The van der Waals surface area contributed by atoms with Crippen LogP contribution in [0.4, 0.5) is 0 Å². The first kappa shape index (κ1) is 14.7. The van der Waals surface area contributed by atoms with E-state index in [9.17, 15) is 9.59 Å². The zero-order chi connectivity index (χ0) is 17.0. The van der Waals surface area contributed by atoms with E-state index in [2.05, 4.69) is 16.0 Å². The van der Waals surface area contributed by atoms with Crippen molar-refractivity contribution in [1.82, 2.24) is 14.9 Å². The van der Waals surface area contributed by atoms with Gasteiger partial charge in [0, 0.05) is 29.9 Å². The van der Waals surface area contributed by atoms with Gasteiger partial charge in [-0.05, 0) is 18.9 Å². The van der Waals surface area contributed by atoms with Crippen LogP contribution in [-0.2, 0) is 23.2 Å². The molecular formula is C19H19N3O3. The Balaban J connectivity index is 1.41. The Morgan fingerprint density at radius 1 is 1.36 bits per heavy atom. The summed E-state index contributed by atoms with van der Waals surface area (Å²) < 4.78 is 5.76. The smallest absolute Gasteiger partial charge is 0.255 e. The summed E-state index contributed by atoms with van der Waals surface area (Å²) in [6, 6.07) is 8.05. The van der Waals surface area contributed by atoms with Crippen molar-refractivity contribution in [3.05, 3.63) is 57.8 Å². The number of para-hydroxylation sites is 1. The van der Waals surface area contributed by atoms with E-state index < -0.39 is 0 Å². The van der Waals surface area contributed by atoms with Crippen molar-refractivity contribution in [1.29, 1.82) is 0 Å². The molecule has 25 heavy (non-hydrogen) atoms. The molecule has 128 valence electrons. The van der Waals surface area contributed by atoms with Crippen molar-refractivity contribution in [3.8, 4) is 5.75 Å². The molecule has 3 heterocycles. The van der Waals surface area contributed by atoms with Crippen molar-refractivity contribution < 1.29 is 9.53 Å². The van der Waals surface area contributed by atoms with E-state index in [-0.39, 0.29) is 22.8 Å². The highest BCUT2D eigenvalue weighted by atomic mass is 16.5. The lowest BCUT2D eigenvalue weighted by Crippen LogP contribution is -2.41. The predicted octanol–water partition coefficient (Wildman–Crippen LogP) is 1.40. The predicted molar refractivity (Wildman–Crippen MR) is 90.3 cm³/mol. The van der Waals surface area contributed by atoms with Gasteiger partial charge in [0.25, 0.3) is 5.56 Å². The minimum absolute atomic E-state index is 0.00477. The van der Waals surface area contributed by atoms with E-state index in [1.807, 2.05) is 23.1 Å². The number of benzene rings is 1. The fraction of sp³-hybridized carbons (Fsp3) is 0.421. The van der Waals surface area contributed by atoms with Crippen LogP contribution in [0.25, 0.3) is 0 Å². The van der Waals surface area contributed by atoms with E-state index in [1.54, 1.807) is 0 Å². The van der Waals surface area contributed by atoms with Crippen LogP contribution in [0.5, 0.6) is 5.75 Å². The third-order valence-electron chi connectivity index (χ3n) is 5.92. The molecule has 0 radical (unpaired) electrons. The molecule has 1 aromatic heterocycles. The lowest BCUT2D eigenvalue weighted by Gasteiger charge is -2.30. The summed E-state index contributed by atoms with van der Waals surface area (Å²) in [5.74, 6) is 1.06. The minimum Gasteiger partial charge on any atom is -0.493 e. The van der Waals surface area contributed by atoms with Crippen molar-refractivity contribution in [2.75, 3.05) is 13.2 Å². The van der Waals surface area contributed by atoms with Crippen LogP contribution < -0.4 is 10.3 Å². The molecule has 3 aliphatic rings. The number of aromatic amines is 1. The van der Waals surface area contributed by atoms with Gasteiger partial charge in [0.2, 0.25) is 5.91 Å². The number of rotatable bonds is 1. The third kappa shape index (κ3) is 2.13. The Morgan fingerprint density at radius 3 is 3.16 bits per heavy atom. The topological polar surface area (TPSA) is 75.3 Å². The number of aromatic nitrogens is 2. The molecule has 2 atom stereocenters. The first-order valence-electron chi connectivity index (χ1n) is 8.75. The normalized spacial score (nSPS) is 26.6. The van der Waals surface area contributed by atoms with Crippen LogP contribution in [0.3, 0.4) is 0 Å². The lowest BCUT2D eigenvalue weighted by atomic mass is 9.87. The van der Waals surface area contributed by atoms with E-state index in [1.165, 1.54) is 6.33 Å². The number of amides is 1. The Morgan fingerprint density at radius 2 is 2.24 bits per heavy atom. The Hall–Kier alpha value is -2.63. The Bertz CT molecular complexity index is 922. The van der Waals surface area contributed by atoms with E-state index in [0.29, 0.717) is 31.7 Å². The zero-order valence-corrected chi connectivity index (χ0v) is 13.8. The minimum atomic E-state index is -0.135. The number of fused-ring (bicyclic) bond motifs is 3. The molecule has 1 spiro atoms. The summed E-state index contributed by atoms with van der Waals surface area (Å²) >= 11 is 0. The molecule has 1 aliphatic carbocycles. The van der Waals surface area contributed by atoms with Crippen LogP contribution >= 0.6 is 0 Å². The number of nitrogens with zero attached hydrogens (tertiary/aromatic N) is 2. The number of nitrogens with one attached hydrogen (secondary N) is 1. The average Bonchev–Trinajstić information content (AvgIpc) is 3.36. The van der Waals surface area contributed by atoms with Crippen molar-refractivity contribution >= 4 is 5.91 Å². The Kier molecular flexibility index (Phi) is 3.04. The molecule has 1 fully saturated rings. The van der Waals surface area contributed by atoms with Gasteiger partial charge in [0.05, 0.1) is 30.7 Å². The first-order chi connectivity index (χ1) is 12.2. The van der Waals surface area contributed by atoms with Gasteiger partial charge in [-0.25, -0.2) is 4.98 Å². The summed E-state index contributed by atoms with van der Waals surface area (Å²) in [6.45, 7) is 1.66. The van der Waals surface area contributed by atoms with Gasteiger partial charge in [-0.15, -0.1) is 0 Å². The fourth-order valence-corrected chi connectivity index (χ4v) is 4.45. The molecule has 6 heteroatoms. The van der Waals surface area contributed by atoms with E-state index in [0.717, 1.165) is 29.8 Å². The molecule has 0 bridgehead atoms. The number of hydrogen-bond donors (Lipinski definition) is 1. The highest BCUT2D eigenvalue weighted by Crippen LogP contribution is 2.61. The molecule has 1 N–H and O–H groups in total. The standard InChI is InChI=1S/C19H19N3O3/c23-17-12-10-22(7-5-15(12)20-11-21-17)18(24)14-9-19(14)6-8-25-16-4-2-1-3-13(16)19/h1-4,11,14H,5-10H2,(H,20,21,23). The molecule has 1 saturated carbocycles. The highest BCUT2D eigenvalue weighted by molar-refractivity contribution is 5.85. The molecule has 2 unspecified atom stereocenters. The Labute approximate surface area is 144 Å². The average molecular weight is 337 g/mol. The number of hydrogen-bond acceptors (Lipinski definition) is 4. The summed E-state index contributed by atoms with van der Waals surface area (Å²) in [4.78, 5) is 33.8. The van der Waals surface area contributed by atoms with Crippen molar-refractivity contribution in [2.45, 2.75) is 31.2 Å². The number of H-pyrrole nitrogens is 1. The summed E-state index contributed by atoms with van der Waals surface area (Å²) in [5.41, 5.74) is 2.40. The van der Waals surface area contributed by atoms with Crippen LogP contribution in [0.1, 0.15) is 29.7 Å². The maximum Gasteiger partial charge on any atom is 0.255 e. The van der Waals surface area contributed by atoms with Gasteiger partial charge < -0.3 is 14.6 Å². The molecule has 1 aromatic carbocycles. The van der Waals surface area contributed by atoms with Gasteiger partial charge in [-0.3, -0.25) is 9.59 Å². The van der Waals surface area contributed by atoms with Crippen molar-refractivity contribution in [2.24, 2.45) is 5.92 Å². The van der Waals surface area contributed by atoms with Gasteiger partial charge in [0.1, 0.15) is 5.75 Å². The van der Waals surface area contributed by atoms with Gasteiger partial charge in [0.15, 0.2) is 0 Å². The maximum atomic E-state index is 13.1. The van der Waals surface area contributed by atoms with Gasteiger partial charge >= 0.3 is 0 Å². The molecular weight excluding hydrogens is 318 g/mol. The molecule has 2 aliphatic heterocycles. The first-order valence-corrected chi connectivity index (χ1v) is 8.75. The molecule has 0 saturated heterocycles. The molecule has 1 amide bonds. The molecule has 6 nitrogen and oxygen atoms in total. The second-order valence-corrected chi connectivity index (χ2v) is 7.17. The summed E-state index contributed by atoms with van der Waals surface area (Å²) in [5, 5.41) is 0. The highest BCUT2D eigenvalue weighted by Gasteiger charge is 2.61. The molecule has 2 aromatic rings. The van der Waals surface area contributed by atoms with Crippen LogP contribution in [0.2, 0.25) is 0 Å². The van der Waals surface area contributed by atoms with Crippen LogP contribution in [-0.4, -0.2) is 33.9 Å². The number of ether oxygens (including phenoxy) is 1. The largest absolute Gasteiger partial charge is 0.493 e. The summed E-state index contributed by atoms with van der Waals surface area (Å²) in [6.07, 6.45) is 3.84. The van der Waals surface area contributed by atoms with E-state index >= 15 is 0 Å². The fourth-order valence-electron chi connectivity index (χ4n) is 4.45. The van der Waals surface area contributed by atoms with Crippen molar-refractivity contribution in [3.63, 3.8) is 0 Å². The number of carbonyl (C=O) groups excluding carboxylic acids is 1. The SMILES string of the molecule is O=C(C1CC12CCOc1ccccc12)N1CCc2nc[nH]c(=O)c2C1. The lowest BCUT2D eigenvalue weighted by molar-refractivity contribution is -0.134. The van der Waals surface area contributed by atoms with Gasteiger partial charge in [-0.2, -0.15) is 0 Å². The zero-order valence-electron chi connectivity index (χ0n) is 13.8. The number of carbonyl (C=O) groups is 1. The maximum absolute atomic E-state index is 13.1.